The van der Waals surface area contributed by atoms with E-state index in [0.29, 0.717) is 23.0 Å². The molecule has 1 aliphatic carbocycles. The summed E-state index contributed by atoms with van der Waals surface area (Å²) in [5, 5.41) is 17.1. The van der Waals surface area contributed by atoms with Crippen LogP contribution < -0.4 is 20.7 Å². The highest BCUT2D eigenvalue weighted by molar-refractivity contribution is 7.83. The number of hydrogen-bond acceptors (Lipinski definition) is 5. The third-order valence-electron chi connectivity index (χ3n) is 6.29. The van der Waals surface area contributed by atoms with Gasteiger partial charge in [0.25, 0.3) is 0 Å². The quantitative estimate of drug-likeness (QED) is 0.183. The molecule has 0 spiro atoms. The van der Waals surface area contributed by atoms with Gasteiger partial charge in [0.2, 0.25) is 0 Å². The zero-order valence-corrected chi connectivity index (χ0v) is 26.7. The number of benzene rings is 2. The Hall–Kier alpha value is -3.28. The third kappa shape index (κ3) is 11.2. The van der Waals surface area contributed by atoms with Gasteiger partial charge in [0.05, 0.1) is 14.8 Å². The number of thiazole rings is 1. The Bertz CT molecular complexity index is 1330. The molecule has 5 N–H and O–H groups in total. The average molecular weight is 614 g/mol. The number of nitrogens with zero attached hydrogens (tertiary/aromatic N) is 1. The standard InChI is InChI=1S/C27H34N4O2S2.C4H9NO2/c1-27(2,3)31-35(33)24-16-21(30-26(32)29-17-19-10-6-4-7-11-19)14-15-22(24)23-18-28-25(34-23)20-12-8-5-9-13-20;1-3(2)5-4(6)7/h4,6-7,10-11,14-16,18,20,31H,5,8-9,12-13,17H2,1-3H3,(H2,29,30,32);3,5H,1-2H3,(H,6,7). The van der Waals surface area contributed by atoms with Gasteiger partial charge < -0.3 is 21.1 Å². The van der Waals surface area contributed by atoms with Crippen molar-refractivity contribution in [2.45, 2.75) is 95.7 Å². The maximum absolute atomic E-state index is 13.4. The topological polar surface area (TPSA) is 132 Å². The Kier molecular flexibility index (Phi) is 12.5. The lowest BCUT2D eigenvalue weighted by molar-refractivity contribution is 0.191. The monoisotopic (exact) mass is 613 g/mol. The summed E-state index contributed by atoms with van der Waals surface area (Å²) < 4.78 is 16.5. The fourth-order valence-electron chi connectivity index (χ4n) is 4.44. The normalized spacial score (nSPS) is 14.4. The second kappa shape index (κ2) is 15.8. The number of amides is 3. The van der Waals surface area contributed by atoms with Crippen molar-refractivity contribution in [2.24, 2.45) is 0 Å². The number of anilines is 1. The smallest absolute Gasteiger partial charge is 0.404 e. The summed E-state index contributed by atoms with van der Waals surface area (Å²) >= 11 is 1.69. The Labute approximate surface area is 255 Å². The highest BCUT2D eigenvalue weighted by Crippen LogP contribution is 2.39. The van der Waals surface area contributed by atoms with Crippen LogP contribution in [0.15, 0.2) is 59.6 Å². The molecule has 11 heteroatoms. The molecule has 0 aliphatic heterocycles. The predicted octanol–water partition coefficient (Wildman–Crippen LogP) is 7.25. The minimum atomic E-state index is -1.46. The molecular formula is C31H43N5O4S2. The van der Waals surface area contributed by atoms with E-state index in [-0.39, 0.29) is 17.6 Å². The average Bonchev–Trinajstić information content (AvgIpc) is 3.42. The minimum Gasteiger partial charge on any atom is -0.465 e. The maximum Gasteiger partial charge on any atom is 0.404 e. The molecule has 9 nitrogen and oxygen atoms in total. The predicted molar refractivity (Wildman–Crippen MR) is 171 cm³/mol. The minimum absolute atomic E-state index is 0.0255. The van der Waals surface area contributed by atoms with Crippen molar-refractivity contribution in [1.29, 1.82) is 0 Å². The van der Waals surface area contributed by atoms with Crippen LogP contribution in [0.5, 0.6) is 0 Å². The summed E-state index contributed by atoms with van der Waals surface area (Å²) in [7, 11) is -1.46. The van der Waals surface area contributed by atoms with Crippen LogP contribution in [0.3, 0.4) is 0 Å². The molecule has 1 atom stereocenters. The second-order valence-corrected chi connectivity index (χ2v) is 13.9. The zero-order valence-electron chi connectivity index (χ0n) is 25.0. The molecule has 1 unspecified atom stereocenters. The third-order valence-corrected chi connectivity index (χ3v) is 9.02. The van der Waals surface area contributed by atoms with Crippen molar-refractivity contribution < 1.29 is 18.9 Å². The fourth-order valence-corrected chi connectivity index (χ4v) is 6.91. The first-order valence-electron chi connectivity index (χ1n) is 14.3. The molecule has 2 aromatic carbocycles. The molecule has 1 fully saturated rings. The van der Waals surface area contributed by atoms with Crippen LogP contribution in [0, 0.1) is 0 Å². The van der Waals surface area contributed by atoms with Gasteiger partial charge in [-0.2, -0.15) is 0 Å². The summed E-state index contributed by atoms with van der Waals surface area (Å²) in [5.74, 6) is 0.526. The van der Waals surface area contributed by atoms with E-state index in [0.717, 1.165) is 16.0 Å². The van der Waals surface area contributed by atoms with Crippen molar-refractivity contribution in [3.8, 4) is 10.4 Å². The Morgan fingerprint density at radius 1 is 1.07 bits per heavy atom. The Morgan fingerprint density at radius 2 is 1.76 bits per heavy atom. The van der Waals surface area contributed by atoms with Crippen LogP contribution in [-0.2, 0) is 17.5 Å². The van der Waals surface area contributed by atoms with Crippen LogP contribution in [-0.4, -0.2) is 38.0 Å². The van der Waals surface area contributed by atoms with E-state index in [2.05, 4.69) is 20.7 Å². The molecule has 0 saturated heterocycles. The van der Waals surface area contributed by atoms with Gasteiger partial charge >= 0.3 is 12.1 Å². The van der Waals surface area contributed by atoms with Crippen molar-refractivity contribution in [3.63, 3.8) is 0 Å². The SMILES string of the molecule is CC(C)(C)NS(=O)c1cc(NC(=O)NCc2ccccc2)ccc1-c1cnc(C2CCCCC2)s1.CC(C)NC(=O)O. The fraction of sp³-hybridized carbons (Fsp3) is 0.452. The molecule has 1 saturated carbocycles. The first-order chi connectivity index (χ1) is 19.9. The van der Waals surface area contributed by atoms with Crippen LogP contribution in [0.4, 0.5) is 15.3 Å². The highest BCUT2D eigenvalue weighted by atomic mass is 32.2. The second-order valence-electron chi connectivity index (χ2n) is 11.6. The van der Waals surface area contributed by atoms with Gasteiger partial charge in [-0.15, -0.1) is 11.3 Å². The van der Waals surface area contributed by atoms with E-state index < -0.39 is 17.1 Å². The van der Waals surface area contributed by atoms with Gasteiger partial charge in [-0.05, 0) is 65.2 Å². The molecule has 42 heavy (non-hydrogen) atoms. The lowest BCUT2D eigenvalue weighted by atomic mass is 9.90. The van der Waals surface area contributed by atoms with Crippen LogP contribution >= 0.6 is 11.3 Å². The van der Waals surface area contributed by atoms with Crippen molar-refractivity contribution in [1.82, 2.24) is 20.3 Å². The summed E-state index contributed by atoms with van der Waals surface area (Å²) in [6, 6.07) is 15.1. The number of hydrogen-bond donors (Lipinski definition) is 5. The van der Waals surface area contributed by atoms with E-state index in [9.17, 15) is 13.8 Å². The molecule has 1 heterocycles. The summed E-state index contributed by atoms with van der Waals surface area (Å²) in [4.78, 5) is 28.6. The molecule has 0 bridgehead atoms. The molecule has 4 rings (SSSR count). The lowest BCUT2D eigenvalue weighted by Crippen LogP contribution is -2.37. The number of aromatic nitrogens is 1. The molecule has 1 aliphatic rings. The number of carbonyl (C=O) groups is 2. The van der Waals surface area contributed by atoms with Crippen molar-refractivity contribution >= 4 is 40.1 Å². The van der Waals surface area contributed by atoms with Gasteiger partial charge in [-0.3, -0.25) is 0 Å². The Balaban J connectivity index is 0.000000616. The first-order valence-corrected chi connectivity index (χ1v) is 16.3. The molecule has 0 radical (unpaired) electrons. The molecule has 1 aromatic heterocycles. The van der Waals surface area contributed by atoms with E-state index in [1.165, 1.54) is 37.1 Å². The molecule has 3 aromatic rings. The largest absolute Gasteiger partial charge is 0.465 e. The zero-order chi connectivity index (χ0) is 30.7. The lowest BCUT2D eigenvalue weighted by Gasteiger charge is -2.21. The van der Waals surface area contributed by atoms with Crippen molar-refractivity contribution in [2.75, 3.05) is 5.32 Å². The number of nitrogens with one attached hydrogen (secondary N) is 4. The summed E-state index contributed by atoms with van der Waals surface area (Å²) in [5.41, 5.74) is 2.16. The number of urea groups is 1. The number of carboxylic acid groups (broad SMARTS) is 1. The Morgan fingerprint density at radius 3 is 2.36 bits per heavy atom. The van der Waals surface area contributed by atoms with Crippen molar-refractivity contribution in [3.05, 3.63) is 65.3 Å². The van der Waals surface area contributed by atoms with Gasteiger partial charge in [0, 0.05) is 41.5 Å². The van der Waals surface area contributed by atoms with E-state index >= 15 is 0 Å². The van der Waals surface area contributed by atoms with Crippen LogP contribution in [0.1, 0.15) is 83.2 Å². The molecular weight excluding hydrogens is 571 g/mol. The van der Waals surface area contributed by atoms with Gasteiger partial charge in [-0.25, -0.2) is 23.5 Å². The first kappa shape index (κ1) is 33.2. The number of carbonyl (C=O) groups excluding carboxylic acids is 1. The van der Waals surface area contributed by atoms with Gasteiger partial charge in [-0.1, -0.05) is 55.7 Å². The summed E-state index contributed by atoms with van der Waals surface area (Å²) in [6.45, 7) is 9.93. The van der Waals surface area contributed by atoms with Gasteiger partial charge in [0.15, 0.2) is 0 Å². The van der Waals surface area contributed by atoms with E-state index in [1.54, 1.807) is 31.3 Å². The maximum atomic E-state index is 13.4. The highest BCUT2D eigenvalue weighted by Gasteiger charge is 2.23. The number of rotatable bonds is 8. The molecule has 228 valence electrons. The van der Waals surface area contributed by atoms with E-state index in [4.69, 9.17) is 10.1 Å². The molecule has 3 amide bonds. The van der Waals surface area contributed by atoms with Crippen LogP contribution in [0.25, 0.3) is 10.4 Å². The van der Waals surface area contributed by atoms with Gasteiger partial charge in [0.1, 0.15) is 11.0 Å². The summed E-state index contributed by atoms with van der Waals surface area (Å²) in [6.07, 6.45) is 7.16. The van der Waals surface area contributed by atoms with E-state index in [1.807, 2.05) is 69.4 Å². The van der Waals surface area contributed by atoms with Crippen LogP contribution in [0.2, 0.25) is 0 Å².